The molecule has 0 spiro atoms. The zero-order valence-electron chi connectivity index (χ0n) is 16.9. The van der Waals surface area contributed by atoms with E-state index in [1.54, 1.807) is 0 Å². The first-order valence-electron chi connectivity index (χ1n) is 8.06. The van der Waals surface area contributed by atoms with Crippen LogP contribution in [0, 0.1) is 0 Å². The number of alkyl halides is 14. The maximum atomic E-state index is 12.2. The molecule has 1 atom stereocenters. The van der Waals surface area contributed by atoms with Gasteiger partial charge < -0.3 is 10.2 Å². The molecule has 0 heterocycles. The molecule has 0 aromatic heterocycles. The minimum atomic E-state index is -6.61. The maximum Gasteiger partial charge on any atom is 0.459 e. The fraction of sp³-hybridized carbons (Fsp3) is 1.00. The Balaban J connectivity index is -0.000000495. The van der Waals surface area contributed by atoms with E-state index in [1.165, 1.54) is 0 Å². The summed E-state index contributed by atoms with van der Waals surface area (Å²) in [5.74, 6) is -30.9. The zero-order valence-corrected chi connectivity index (χ0v) is 18.6. The highest BCUT2D eigenvalue weighted by molar-refractivity contribution is 7.86. The van der Waals surface area contributed by atoms with Gasteiger partial charge in [0, 0.05) is 0 Å². The Labute approximate surface area is 192 Å². The van der Waals surface area contributed by atoms with Gasteiger partial charge in [-0.3, -0.25) is 9.11 Å². The van der Waals surface area contributed by atoms with Crippen molar-refractivity contribution in [3.05, 3.63) is 0 Å². The topological polar surface area (TPSA) is 149 Å². The molecule has 24 heteroatoms. The molecule has 4 N–H and O–H groups in total. The largest absolute Gasteiger partial charge is 0.459 e. The molecule has 0 fully saturated rings. The second-order valence-corrected chi connectivity index (χ2v) is 9.16. The average molecular weight is 618 g/mol. The number of hydrogen-bond acceptors (Lipinski definition) is 6. The number of rotatable bonds is 8. The highest BCUT2D eigenvalue weighted by Gasteiger charge is 2.74. The van der Waals surface area contributed by atoms with Crippen LogP contribution in [-0.2, 0) is 20.2 Å². The van der Waals surface area contributed by atoms with Crippen LogP contribution >= 0.6 is 0 Å². The molecule has 0 aliphatic heterocycles. The molecule has 8 nitrogen and oxygen atoms in total. The van der Waals surface area contributed by atoms with Gasteiger partial charge in [-0.1, -0.05) is 6.92 Å². The van der Waals surface area contributed by atoms with E-state index in [2.05, 4.69) is 0 Å². The monoisotopic (exact) mass is 618 g/mol. The summed E-state index contributed by atoms with van der Waals surface area (Å²) in [6.07, 6.45) is -13.1. The van der Waals surface area contributed by atoms with E-state index in [9.17, 15) is 78.3 Å². The Hall–Kier alpha value is -1.24. The smallest absolute Gasteiger partial charge is 0.394 e. The van der Waals surface area contributed by atoms with Gasteiger partial charge in [-0.25, -0.2) is 0 Å². The number of aliphatic hydroxyl groups excluding tert-OH is 2. The molecule has 0 aromatic rings. The summed E-state index contributed by atoms with van der Waals surface area (Å²) in [5.41, 5.74) is 0. The second-order valence-electron chi connectivity index (χ2n) is 6.25. The molecule has 0 radical (unpaired) electrons. The summed E-state index contributed by atoms with van der Waals surface area (Å²) in [6.45, 7) is 1.71. The van der Waals surface area contributed by atoms with Crippen molar-refractivity contribution in [3.8, 4) is 0 Å². The third kappa shape index (κ3) is 12.8. The third-order valence-corrected chi connectivity index (χ3v) is 4.49. The van der Waals surface area contributed by atoms with Gasteiger partial charge in [-0.15, -0.1) is 0 Å². The minimum absolute atomic E-state index is 0.115. The van der Waals surface area contributed by atoms with Crippen molar-refractivity contribution in [2.45, 2.75) is 55.5 Å². The van der Waals surface area contributed by atoms with Gasteiger partial charge in [0.25, 0.3) is 20.2 Å². The minimum Gasteiger partial charge on any atom is -0.394 e. The zero-order chi connectivity index (χ0) is 30.4. The lowest BCUT2D eigenvalue weighted by molar-refractivity contribution is -0.348. The van der Waals surface area contributed by atoms with Crippen LogP contribution in [0.3, 0.4) is 0 Å². The van der Waals surface area contributed by atoms with Crippen LogP contribution < -0.4 is 0 Å². The third-order valence-electron chi connectivity index (χ3n) is 3.04. The van der Waals surface area contributed by atoms with Gasteiger partial charge in [-0.05, 0) is 6.42 Å². The van der Waals surface area contributed by atoms with Crippen LogP contribution in [-0.4, -0.2) is 96.4 Å². The highest BCUT2D eigenvalue weighted by Crippen LogP contribution is 2.47. The molecular weight excluding hydrogens is 602 g/mol. The standard InChI is InChI=1S/2C4H3F7O3S.C4H10O2/c2*5-2(6,1-15(12,13)14)3(7,8)4(9,10)11;1-2-4(6)3-5/h2*1H2,(H,12,13,14);4-6H,2-3H2,1H3. The lowest BCUT2D eigenvalue weighted by atomic mass is 10.2. The van der Waals surface area contributed by atoms with E-state index in [-0.39, 0.29) is 6.61 Å². The van der Waals surface area contributed by atoms with Crippen molar-refractivity contribution in [1.29, 1.82) is 0 Å². The van der Waals surface area contributed by atoms with Crippen LogP contribution in [0.5, 0.6) is 0 Å². The summed E-state index contributed by atoms with van der Waals surface area (Å²) in [5, 5.41) is 16.5. The first kappa shape index (κ1) is 39.3. The maximum absolute atomic E-state index is 12.2. The first-order valence-corrected chi connectivity index (χ1v) is 11.3. The number of hydrogen-bond donors (Lipinski definition) is 4. The van der Waals surface area contributed by atoms with Crippen molar-refractivity contribution in [2.24, 2.45) is 0 Å². The van der Waals surface area contributed by atoms with E-state index in [0.717, 1.165) is 0 Å². The van der Waals surface area contributed by atoms with Crippen molar-refractivity contribution in [1.82, 2.24) is 0 Å². The van der Waals surface area contributed by atoms with E-state index in [0.29, 0.717) is 6.42 Å². The fourth-order valence-corrected chi connectivity index (χ4v) is 2.46. The summed E-state index contributed by atoms with van der Waals surface area (Å²) < 4.78 is 220. The van der Waals surface area contributed by atoms with Gasteiger partial charge in [0.15, 0.2) is 0 Å². The number of halogens is 14. The van der Waals surface area contributed by atoms with E-state index in [4.69, 9.17) is 19.3 Å². The Kier molecular flexibility index (Phi) is 13.7. The average Bonchev–Trinajstić information content (AvgIpc) is 2.55. The van der Waals surface area contributed by atoms with Crippen molar-refractivity contribution in [2.75, 3.05) is 18.1 Å². The van der Waals surface area contributed by atoms with Crippen molar-refractivity contribution < 1.29 is 97.6 Å². The lowest BCUT2D eigenvalue weighted by Gasteiger charge is -2.26. The molecule has 0 bridgehead atoms. The van der Waals surface area contributed by atoms with Crippen LogP contribution in [0.4, 0.5) is 61.5 Å². The Morgan fingerprint density at radius 3 is 0.917 bits per heavy atom. The first-order chi connectivity index (χ1) is 15.2. The van der Waals surface area contributed by atoms with Crippen LogP contribution in [0.15, 0.2) is 0 Å². The molecule has 0 saturated carbocycles. The molecule has 0 rings (SSSR count). The van der Waals surface area contributed by atoms with Crippen molar-refractivity contribution in [3.63, 3.8) is 0 Å². The van der Waals surface area contributed by atoms with Crippen LogP contribution in [0.25, 0.3) is 0 Å². The molecule has 0 amide bonds. The van der Waals surface area contributed by atoms with E-state index >= 15 is 0 Å². The summed E-state index contributed by atoms with van der Waals surface area (Å²) in [6, 6.07) is 0. The van der Waals surface area contributed by atoms with Gasteiger partial charge >= 0.3 is 36.0 Å². The Morgan fingerprint density at radius 2 is 0.833 bits per heavy atom. The van der Waals surface area contributed by atoms with Crippen molar-refractivity contribution >= 4 is 20.2 Å². The quantitative estimate of drug-likeness (QED) is 0.240. The fourth-order valence-electron chi connectivity index (χ4n) is 1.18. The highest BCUT2D eigenvalue weighted by atomic mass is 32.2. The molecule has 1 unspecified atom stereocenters. The van der Waals surface area contributed by atoms with Crippen LogP contribution in [0.1, 0.15) is 13.3 Å². The molecule has 0 aromatic carbocycles. The van der Waals surface area contributed by atoms with Gasteiger partial charge in [-0.2, -0.15) is 78.3 Å². The summed E-state index contributed by atoms with van der Waals surface area (Å²) in [4.78, 5) is 0. The SMILES string of the molecule is CCC(O)CO.O=S(=O)(O)CC(F)(F)C(F)(F)C(F)(F)F.O=S(=O)(O)CC(F)(F)C(F)(F)C(F)(F)F. The van der Waals surface area contributed by atoms with Gasteiger partial charge in [0.05, 0.1) is 12.7 Å². The Morgan fingerprint density at radius 1 is 0.611 bits per heavy atom. The molecular formula is C12H16F14O8S2. The van der Waals surface area contributed by atoms with Gasteiger partial charge in [0.2, 0.25) is 0 Å². The molecule has 0 aliphatic carbocycles. The van der Waals surface area contributed by atoms with Crippen LogP contribution in [0.2, 0.25) is 0 Å². The molecule has 0 saturated heterocycles. The molecule has 36 heavy (non-hydrogen) atoms. The normalized spacial score (nSPS) is 15.3. The van der Waals surface area contributed by atoms with Gasteiger partial charge in [0.1, 0.15) is 11.5 Å². The second kappa shape index (κ2) is 12.5. The summed E-state index contributed by atoms with van der Waals surface area (Å²) >= 11 is 0. The molecule has 0 aliphatic rings. The van der Waals surface area contributed by atoms with E-state index in [1.807, 2.05) is 6.92 Å². The Bertz CT molecular complexity index is 808. The predicted octanol–water partition coefficient (Wildman–Crippen LogP) is 3.16. The van der Waals surface area contributed by atoms with E-state index < -0.39 is 73.9 Å². The lowest BCUT2D eigenvalue weighted by Crippen LogP contribution is -2.55. The predicted molar refractivity (Wildman–Crippen MR) is 88.1 cm³/mol. The summed E-state index contributed by atoms with van der Waals surface area (Å²) in [7, 11) is -11.3. The molecule has 222 valence electrons. The number of aliphatic hydroxyl groups is 2.